The Morgan fingerprint density at radius 2 is 2.29 bits per heavy atom. The first-order chi connectivity index (χ1) is 6.56. The van der Waals surface area contributed by atoms with Crippen LogP contribution < -0.4 is 0 Å². The highest BCUT2D eigenvalue weighted by atomic mass is 16.6. The van der Waals surface area contributed by atoms with Crippen LogP contribution in [0.4, 0.5) is 5.69 Å². The molecule has 0 fully saturated rings. The Hall–Kier alpha value is -1.42. The van der Waals surface area contributed by atoms with E-state index in [1.54, 1.807) is 19.1 Å². The summed E-state index contributed by atoms with van der Waals surface area (Å²) in [4.78, 5) is 10.1. The molecule has 0 spiro atoms. The van der Waals surface area contributed by atoms with Gasteiger partial charge in [-0.2, -0.15) is 0 Å². The maximum Gasteiger partial charge on any atom is 0.272 e. The molecule has 0 aromatic heterocycles. The molecule has 1 N–H and O–H groups in total. The Balaban J connectivity index is 3.06. The number of nitrogens with zero attached hydrogens (tertiary/aromatic N) is 1. The molecule has 0 amide bonds. The van der Waals surface area contributed by atoms with Crippen molar-refractivity contribution in [1.29, 1.82) is 0 Å². The van der Waals surface area contributed by atoms with Crippen LogP contribution in [-0.2, 0) is 0 Å². The molecule has 0 saturated heterocycles. The van der Waals surface area contributed by atoms with E-state index in [2.05, 4.69) is 6.92 Å². The van der Waals surface area contributed by atoms with E-state index in [1.165, 1.54) is 6.07 Å². The molecule has 4 heteroatoms. The van der Waals surface area contributed by atoms with Crippen LogP contribution in [0.3, 0.4) is 0 Å². The van der Waals surface area contributed by atoms with Crippen molar-refractivity contribution in [3.05, 3.63) is 46.4 Å². The molecule has 75 valence electrons. The lowest BCUT2D eigenvalue weighted by atomic mass is 9.99. The normalized spacial score (nSPS) is 12.5. The van der Waals surface area contributed by atoms with Crippen molar-refractivity contribution in [1.82, 2.24) is 0 Å². The van der Waals surface area contributed by atoms with Gasteiger partial charge in [0.05, 0.1) is 4.92 Å². The van der Waals surface area contributed by atoms with Crippen LogP contribution in [0.5, 0.6) is 0 Å². The molecule has 1 rings (SSSR count). The molecule has 1 aromatic rings. The average molecular weight is 194 g/mol. The van der Waals surface area contributed by atoms with Gasteiger partial charge in [-0.05, 0) is 25.5 Å². The molecule has 0 aliphatic carbocycles. The standard InChI is InChI=1S/C10H12NO3/c1-7-5-9(8(2)6-12)3-4-10(7)11(13)14/h3-5,8,12H,2,6H2,1H3. The zero-order chi connectivity index (χ0) is 10.7. The summed E-state index contributed by atoms with van der Waals surface area (Å²) >= 11 is 0. The van der Waals surface area contributed by atoms with Gasteiger partial charge in [-0.15, -0.1) is 0 Å². The maximum absolute atomic E-state index is 10.5. The number of rotatable bonds is 3. The van der Waals surface area contributed by atoms with E-state index in [9.17, 15) is 10.1 Å². The summed E-state index contributed by atoms with van der Waals surface area (Å²) in [5.41, 5.74) is 1.50. The quantitative estimate of drug-likeness (QED) is 0.589. The predicted molar refractivity (Wildman–Crippen MR) is 53.0 cm³/mol. The number of hydrogen-bond donors (Lipinski definition) is 1. The Morgan fingerprint density at radius 1 is 1.64 bits per heavy atom. The number of aryl methyl sites for hydroxylation is 1. The number of aliphatic hydroxyl groups is 1. The molecule has 0 bridgehead atoms. The Kier molecular flexibility index (Phi) is 3.19. The van der Waals surface area contributed by atoms with Gasteiger partial charge < -0.3 is 5.11 Å². The summed E-state index contributed by atoms with van der Waals surface area (Å²) in [5, 5.41) is 19.4. The van der Waals surface area contributed by atoms with Crippen molar-refractivity contribution in [3.63, 3.8) is 0 Å². The molecule has 1 aromatic carbocycles. The van der Waals surface area contributed by atoms with E-state index in [1.807, 2.05) is 0 Å². The fourth-order valence-corrected chi connectivity index (χ4v) is 1.24. The zero-order valence-electron chi connectivity index (χ0n) is 7.93. The molecule has 14 heavy (non-hydrogen) atoms. The molecule has 0 heterocycles. The van der Waals surface area contributed by atoms with E-state index in [0.717, 1.165) is 5.56 Å². The van der Waals surface area contributed by atoms with Crippen molar-refractivity contribution in [3.8, 4) is 0 Å². The summed E-state index contributed by atoms with van der Waals surface area (Å²) in [6.45, 7) is 5.34. The van der Waals surface area contributed by atoms with Crippen LogP contribution in [-0.4, -0.2) is 16.6 Å². The van der Waals surface area contributed by atoms with Gasteiger partial charge in [-0.25, -0.2) is 0 Å². The van der Waals surface area contributed by atoms with Crippen molar-refractivity contribution in [2.45, 2.75) is 12.8 Å². The SMILES string of the molecule is [CH2]C(CO)c1ccc([N+](=O)[O-])c(C)c1. The summed E-state index contributed by atoms with van der Waals surface area (Å²) in [6, 6.07) is 4.75. The van der Waals surface area contributed by atoms with Crippen LogP contribution in [0.25, 0.3) is 0 Å². The summed E-state index contributed by atoms with van der Waals surface area (Å²) in [7, 11) is 0. The van der Waals surface area contributed by atoms with Gasteiger partial charge in [-0.1, -0.05) is 6.07 Å². The summed E-state index contributed by atoms with van der Waals surface area (Å²) in [6.07, 6.45) is 0. The molecule has 0 aliphatic heterocycles. The third kappa shape index (κ3) is 2.09. The number of nitro groups is 1. The lowest BCUT2D eigenvalue weighted by Crippen LogP contribution is -2.00. The van der Waals surface area contributed by atoms with Gasteiger partial charge in [0.25, 0.3) is 5.69 Å². The van der Waals surface area contributed by atoms with Gasteiger partial charge >= 0.3 is 0 Å². The third-order valence-electron chi connectivity index (χ3n) is 2.11. The molecule has 4 nitrogen and oxygen atoms in total. The van der Waals surface area contributed by atoms with E-state index in [-0.39, 0.29) is 18.2 Å². The molecule has 0 aliphatic rings. The number of hydrogen-bond acceptors (Lipinski definition) is 3. The molecular weight excluding hydrogens is 182 g/mol. The number of nitro benzene ring substituents is 1. The maximum atomic E-state index is 10.5. The van der Waals surface area contributed by atoms with Crippen molar-refractivity contribution in [2.75, 3.05) is 6.61 Å². The molecule has 1 atom stereocenters. The highest BCUT2D eigenvalue weighted by molar-refractivity contribution is 5.43. The van der Waals surface area contributed by atoms with Crippen LogP contribution in [0.2, 0.25) is 0 Å². The number of aliphatic hydroxyl groups excluding tert-OH is 1. The Labute approximate surface area is 82.3 Å². The van der Waals surface area contributed by atoms with Gasteiger partial charge in [0.1, 0.15) is 0 Å². The minimum absolute atomic E-state index is 0.0583. The highest BCUT2D eigenvalue weighted by Crippen LogP contribution is 2.22. The topological polar surface area (TPSA) is 63.4 Å². The second kappa shape index (κ2) is 4.19. The van der Waals surface area contributed by atoms with E-state index < -0.39 is 4.92 Å². The van der Waals surface area contributed by atoms with Gasteiger partial charge in [0, 0.05) is 24.2 Å². The molecule has 1 radical (unpaired) electrons. The van der Waals surface area contributed by atoms with Crippen molar-refractivity contribution < 1.29 is 10.0 Å². The van der Waals surface area contributed by atoms with Gasteiger partial charge in [0.2, 0.25) is 0 Å². The third-order valence-corrected chi connectivity index (χ3v) is 2.11. The summed E-state index contributed by atoms with van der Waals surface area (Å²) in [5.74, 6) is -0.227. The lowest BCUT2D eigenvalue weighted by Gasteiger charge is -2.08. The van der Waals surface area contributed by atoms with E-state index >= 15 is 0 Å². The lowest BCUT2D eigenvalue weighted by molar-refractivity contribution is -0.385. The van der Waals surface area contributed by atoms with Crippen LogP contribution in [0.15, 0.2) is 18.2 Å². The van der Waals surface area contributed by atoms with Crippen LogP contribution in [0.1, 0.15) is 17.0 Å². The fraction of sp³-hybridized carbons (Fsp3) is 0.300. The first kappa shape index (κ1) is 10.7. The Bertz CT molecular complexity index is 349. The smallest absolute Gasteiger partial charge is 0.272 e. The van der Waals surface area contributed by atoms with Crippen molar-refractivity contribution >= 4 is 5.69 Å². The minimum Gasteiger partial charge on any atom is -0.396 e. The van der Waals surface area contributed by atoms with E-state index in [4.69, 9.17) is 5.11 Å². The largest absolute Gasteiger partial charge is 0.396 e. The first-order valence-corrected chi connectivity index (χ1v) is 4.25. The zero-order valence-corrected chi connectivity index (χ0v) is 7.93. The van der Waals surface area contributed by atoms with Gasteiger partial charge in [-0.3, -0.25) is 10.1 Å². The average Bonchev–Trinajstić information content (AvgIpc) is 2.15. The molecule has 0 saturated carbocycles. The summed E-state index contributed by atoms with van der Waals surface area (Å²) < 4.78 is 0. The van der Waals surface area contributed by atoms with Crippen LogP contribution >= 0.6 is 0 Å². The highest BCUT2D eigenvalue weighted by Gasteiger charge is 2.12. The van der Waals surface area contributed by atoms with E-state index in [0.29, 0.717) is 5.56 Å². The van der Waals surface area contributed by atoms with Crippen molar-refractivity contribution in [2.24, 2.45) is 0 Å². The minimum atomic E-state index is -0.420. The Morgan fingerprint density at radius 3 is 2.71 bits per heavy atom. The molecule has 1 unspecified atom stereocenters. The number of benzene rings is 1. The van der Waals surface area contributed by atoms with Crippen LogP contribution in [0, 0.1) is 24.0 Å². The second-order valence-electron chi connectivity index (χ2n) is 3.18. The van der Waals surface area contributed by atoms with Gasteiger partial charge in [0.15, 0.2) is 0 Å². The molecular formula is C10H12NO3. The predicted octanol–water partition coefficient (Wildman–Crippen LogP) is 1.81. The monoisotopic (exact) mass is 194 g/mol. The fourth-order valence-electron chi connectivity index (χ4n) is 1.24. The first-order valence-electron chi connectivity index (χ1n) is 4.25. The second-order valence-corrected chi connectivity index (χ2v) is 3.18.